The van der Waals surface area contributed by atoms with Crippen LogP contribution in [0.1, 0.15) is 12.0 Å². The van der Waals surface area contributed by atoms with Crippen LogP contribution in [0.25, 0.3) is 5.69 Å². The second-order valence-corrected chi connectivity index (χ2v) is 4.48. The Balaban J connectivity index is 1.68. The fourth-order valence-corrected chi connectivity index (χ4v) is 1.83. The predicted octanol–water partition coefficient (Wildman–Crippen LogP) is 2.55. The number of rotatable bonds is 9. The van der Waals surface area contributed by atoms with Crippen LogP contribution >= 0.6 is 0 Å². The fourth-order valence-electron chi connectivity index (χ4n) is 1.83. The predicted molar refractivity (Wildman–Crippen MR) is 80.9 cm³/mol. The van der Waals surface area contributed by atoms with E-state index in [0.29, 0.717) is 0 Å². The van der Waals surface area contributed by atoms with Gasteiger partial charge in [-0.25, -0.2) is 4.68 Å². The molecule has 0 unspecified atom stereocenters. The Morgan fingerprint density at radius 1 is 1.25 bits per heavy atom. The van der Waals surface area contributed by atoms with Crippen LogP contribution in [0.2, 0.25) is 0 Å². The van der Waals surface area contributed by atoms with Gasteiger partial charge in [-0.15, -0.1) is 6.58 Å². The first-order chi connectivity index (χ1) is 9.90. The van der Waals surface area contributed by atoms with E-state index in [9.17, 15) is 0 Å². The molecule has 1 N–H and O–H groups in total. The Bertz CT molecular complexity index is 491. The molecule has 0 aliphatic rings. The van der Waals surface area contributed by atoms with Crippen LogP contribution < -0.4 is 5.32 Å². The third-order valence-electron chi connectivity index (χ3n) is 2.92. The van der Waals surface area contributed by atoms with E-state index >= 15 is 0 Å². The molecule has 0 amide bonds. The number of benzene rings is 1. The molecule has 2 rings (SSSR count). The second kappa shape index (κ2) is 8.30. The molecule has 0 aliphatic carbocycles. The maximum Gasteiger partial charge on any atom is 0.0645 e. The van der Waals surface area contributed by atoms with Gasteiger partial charge in [-0.2, -0.15) is 5.10 Å². The van der Waals surface area contributed by atoms with Crippen molar-refractivity contribution < 1.29 is 4.74 Å². The van der Waals surface area contributed by atoms with Gasteiger partial charge in [-0.1, -0.05) is 18.2 Å². The van der Waals surface area contributed by atoms with E-state index in [4.69, 9.17) is 4.74 Å². The first-order valence-corrected chi connectivity index (χ1v) is 6.88. The minimum absolute atomic E-state index is 0.735. The van der Waals surface area contributed by atoms with Crippen molar-refractivity contribution in [3.05, 3.63) is 60.9 Å². The maximum atomic E-state index is 5.43. The van der Waals surface area contributed by atoms with Crippen molar-refractivity contribution >= 4 is 0 Å². The zero-order chi connectivity index (χ0) is 14.0. The number of hydrogen-bond donors (Lipinski definition) is 1. The molecule has 0 bridgehead atoms. The van der Waals surface area contributed by atoms with E-state index in [-0.39, 0.29) is 0 Å². The van der Waals surface area contributed by atoms with E-state index < -0.39 is 0 Å². The molecule has 2 aromatic rings. The maximum absolute atomic E-state index is 5.43. The van der Waals surface area contributed by atoms with Crippen molar-refractivity contribution in [3.8, 4) is 5.69 Å². The average molecular weight is 271 g/mol. The highest BCUT2D eigenvalue weighted by Gasteiger charge is 1.97. The molecule has 106 valence electrons. The highest BCUT2D eigenvalue weighted by molar-refractivity contribution is 5.33. The lowest BCUT2D eigenvalue weighted by Crippen LogP contribution is -2.19. The lowest BCUT2D eigenvalue weighted by molar-refractivity contribution is 0.140. The van der Waals surface area contributed by atoms with Gasteiger partial charge in [0.1, 0.15) is 0 Å². The smallest absolute Gasteiger partial charge is 0.0645 e. The molecule has 0 fully saturated rings. The Kier molecular flexibility index (Phi) is 6.02. The van der Waals surface area contributed by atoms with E-state index in [1.807, 2.05) is 23.0 Å². The molecule has 4 heteroatoms. The van der Waals surface area contributed by atoms with E-state index in [2.05, 4.69) is 41.3 Å². The first-order valence-electron chi connectivity index (χ1n) is 6.88. The summed E-state index contributed by atoms with van der Waals surface area (Å²) in [6, 6.07) is 10.3. The fraction of sp³-hybridized carbons (Fsp3) is 0.312. The molecule has 0 spiro atoms. The van der Waals surface area contributed by atoms with Gasteiger partial charge in [0.2, 0.25) is 0 Å². The van der Waals surface area contributed by atoms with Gasteiger partial charge in [0.25, 0.3) is 0 Å². The van der Waals surface area contributed by atoms with Gasteiger partial charge in [-0.05, 0) is 30.2 Å². The standard InChI is InChI=1S/C16H21N3O/c1-2-3-12-20-13-10-17-14-15-5-7-16(8-6-15)19-11-4-9-18-19/h2,4-9,11,17H,1,3,10,12-14H2. The number of nitrogens with zero attached hydrogens (tertiary/aromatic N) is 2. The van der Waals surface area contributed by atoms with Crippen molar-refractivity contribution in [1.82, 2.24) is 15.1 Å². The summed E-state index contributed by atoms with van der Waals surface area (Å²) >= 11 is 0. The summed E-state index contributed by atoms with van der Waals surface area (Å²) in [5.74, 6) is 0. The monoisotopic (exact) mass is 271 g/mol. The third kappa shape index (κ3) is 4.64. The second-order valence-electron chi connectivity index (χ2n) is 4.48. The topological polar surface area (TPSA) is 39.1 Å². The summed E-state index contributed by atoms with van der Waals surface area (Å²) in [7, 11) is 0. The SMILES string of the molecule is C=CCCOCCNCc1ccc(-n2cccn2)cc1. The van der Waals surface area contributed by atoms with Gasteiger partial charge < -0.3 is 10.1 Å². The lowest BCUT2D eigenvalue weighted by atomic mass is 10.2. The molecular formula is C16H21N3O. The molecule has 0 saturated heterocycles. The zero-order valence-electron chi connectivity index (χ0n) is 11.7. The highest BCUT2D eigenvalue weighted by Crippen LogP contribution is 2.08. The average Bonchev–Trinajstić information content (AvgIpc) is 3.01. The number of hydrogen-bond acceptors (Lipinski definition) is 3. The summed E-state index contributed by atoms with van der Waals surface area (Å²) in [4.78, 5) is 0. The zero-order valence-corrected chi connectivity index (χ0v) is 11.7. The molecular weight excluding hydrogens is 250 g/mol. The van der Waals surface area contributed by atoms with E-state index in [1.165, 1.54) is 5.56 Å². The number of aromatic nitrogens is 2. The van der Waals surface area contributed by atoms with Crippen LogP contribution in [0, 0.1) is 0 Å². The summed E-state index contributed by atoms with van der Waals surface area (Å²) in [6.45, 7) is 6.86. The first kappa shape index (κ1) is 14.5. The minimum atomic E-state index is 0.735. The summed E-state index contributed by atoms with van der Waals surface area (Å²) in [5.41, 5.74) is 2.33. The van der Waals surface area contributed by atoms with Crippen LogP contribution in [0.4, 0.5) is 0 Å². The van der Waals surface area contributed by atoms with Gasteiger partial charge in [0, 0.05) is 25.5 Å². The van der Waals surface area contributed by atoms with Gasteiger partial charge in [0.05, 0.1) is 18.9 Å². The van der Waals surface area contributed by atoms with Crippen molar-refractivity contribution in [2.45, 2.75) is 13.0 Å². The Morgan fingerprint density at radius 2 is 2.10 bits per heavy atom. The Labute approximate surface area is 120 Å². The number of ether oxygens (including phenoxy) is 1. The molecule has 0 atom stereocenters. The van der Waals surface area contributed by atoms with Crippen LogP contribution in [0.15, 0.2) is 55.4 Å². The molecule has 1 heterocycles. The van der Waals surface area contributed by atoms with Crippen LogP contribution in [-0.4, -0.2) is 29.5 Å². The largest absolute Gasteiger partial charge is 0.380 e. The molecule has 0 saturated carbocycles. The minimum Gasteiger partial charge on any atom is -0.380 e. The quantitative estimate of drug-likeness (QED) is 0.563. The molecule has 0 aliphatic heterocycles. The molecule has 4 nitrogen and oxygen atoms in total. The third-order valence-corrected chi connectivity index (χ3v) is 2.92. The van der Waals surface area contributed by atoms with Crippen molar-refractivity contribution in [2.75, 3.05) is 19.8 Å². The molecule has 1 aromatic heterocycles. The van der Waals surface area contributed by atoms with Crippen LogP contribution in [-0.2, 0) is 11.3 Å². The normalized spacial score (nSPS) is 10.6. The lowest BCUT2D eigenvalue weighted by Gasteiger charge is -2.07. The van der Waals surface area contributed by atoms with Crippen LogP contribution in [0.5, 0.6) is 0 Å². The number of nitrogens with one attached hydrogen (secondary N) is 1. The summed E-state index contributed by atoms with van der Waals surface area (Å²) < 4.78 is 7.29. The summed E-state index contributed by atoms with van der Waals surface area (Å²) in [5, 5.41) is 7.56. The van der Waals surface area contributed by atoms with Gasteiger partial charge in [0.15, 0.2) is 0 Å². The summed E-state index contributed by atoms with van der Waals surface area (Å²) in [6.07, 6.45) is 6.50. The van der Waals surface area contributed by atoms with Crippen molar-refractivity contribution in [1.29, 1.82) is 0 Å². The Hall–Kier alpha value is -1.91. The van der Waals surface area contributed by atoms with Gasteiger partial charge in [-0.3, -0.25) is 0 Å². The molecule has 1 aromatic carbocycles. The molecule has 0 radical (unpaired) electrons. The molecule has 20 heavy (non-hydrogen) atoms. The van der Waals surface area contributed by atoms with Crippen molar-refractivity contribution in [3.63, 3.8) is 0 Å². The van der Waals surface area contributed by atoms with Gasteiger partial charge >= 0.3 is 0 Å². The van der Waals surface area contributed by atoms with Crippen LogP contribution in [0.3, 0.4) is 0 Å². The van der Waals surface area contributed by atoms with Crippen molar-refractivity contribution in [2.24, 2.45) is 0 Å². The van der Waals surface area contributed by atoms with E-state index in [0.717, 1.165) is 38.4 Å². The Morgan fingerprint density at radius 3 is 2.80 bits per heavy atom. The highest BCUT2D eigenvalue weighted by atomic mass is 16.5. The van der Waals surface area contributed by atoms with E-state index in [1.54, 1.807) is 6.20 Å².